The number of benzene rings is 1. The lowest BCUT2D eigenvalue weighted by Crippen LogP contribution is -2.29. The number of fused-ring (bicyclic) bond motifs is 1. The van der Waals surface area contributed by atoms with Crippen molar-refractivity contribution in [2.75, 3.05) is 13.1 Å². The first kappa shape index (κ1) is 16.7. The molecule has 6 heteroatoms. The minimum atomic E-state index is 0.0518. The van der Waals surface area contributed by atoms with E-state index in [0.29, 0.717) is 12.1 Å². The molecule has 0 N–H and O–H groups in total. The van der Waals surface area contributed by atoms with E-state index < -0.39 is 0 Å². The summed E-state index contributed by atoms with van der Waals surface area (Å²) in [5.74, 6) is 0.0518. The maximum absolute atomic E-state index is 13.0. The third-order valence-electron chi connectivity index (χ3n) is 5.16. The highest BCUT2D eigenvalue weighted by Crippen LogP contribution is 2.25. The zero-order chi connectivity index (χ0) is 18.4. The minimum Gasteiger partial charge on any atom is -0.336 e. The molecular formula is C20H23N5O. The SMILES string of the molecule is Cc1cc(C)n([C@H]2CCN(C(=O)c3ccc4nc(C)c(C)nc4c3)C2)n1. The lowest BCUT2D eigenvalue weighted by atomic mass is 10.1. The highest BCUT2D eigenvalue weighted by molar-refractivity contribution is 5.97. The van der Waals surface area contributed by atoms with Gasteiger partial charge in [0.1, 0.15) is 0 Å². The predicted molar refractivity (Wildman–Crippen MR) is 100 cm³/mol. The summed E-state index contributed by atoms with van der Waals surface area (Å²) in [6.45, 7) is 9.40. The summed E-state index contributed by atoms with van der Waals surface area (Å²) in [5.41, 5.74) is 6.25. The van der Waals surface area contributed by atoms with Gasteiger partial charge in [-0.2, -0.15) is 5.10 Å². The normalized spacial score (nSPS) is 17.2. The molecule has 1 amide bonds. The Hall–Kier alpha value is -2.76. The van der Waals surface area contributed by atoms with Gasteiger partial charge in [0.05, 0.1) is 34.2 Å². The van der Waals surface area contributed by atoms with E-state index in [2.05, 4.69) is 32.7 Å². The lowest BCUT2D eigenvalue weighted by molar-refractivity contribution is 0.0787. The van der Waals surface area contributed by atoms with Crippen LogP contribution in [-0.4, -0.2) is 43.6 Å². The van der Waals surface area contributed by atoms with Crippen molar-refractivity contribution in [3.05, 3.63) is 52.6 Å². The van der Waals surface area contributed by atoms with E-state index in [1.165, 1.54) is 0 Å². The topological polar surface area (TPSA) is 63.9 Å². The average Bonchev–Trinajstić information content (AvgIpc) is 3.21. The summed E-state index contributed by atoms with van der Waals surface area (Å²) in [6, 6.07) is 7.92. The van der Waals surface area contributed by atoms with Crippen LogP contribution in [0.25, 0.3) is 11.0 Å². The quantitative estimate of drug-likeness (QED) is 0.713. The summed E-state index contributed by atoms with van der Waals surface area (Å²) < 4.78 is 2.06. The molecule has 3 aromatic rings. The summed E-state index contributed by atoms with van der Waals surface area (Å²) in [4.78, 5) is 24.0. The number of aryl methyl sites for hydroxylation is 4. The zero-order valence-electron chi connectivity index (χ0n) is 15.7. The smallest absolute Gasteiger partial charge is 0.254 e. The van der Waals surface area contributed by atoms with Crippen LogP contribution in [0.3, 0.4) is 0 Å². The molecule has 1 atom stereocenters. The summed E-state index contributed by atoms with van der Waals surface area (Å²) >= 11 is 0. The van der Waals surface area contributed by atoms with Crippen LogP contribution in [0.15, 0.2) is 24.3 Å². The third kappa shape index (κ3) is 2.85. The number of amides is 1. The highest BCUT2D eigenvalue weighted by atomic mass is 16.2. The number of rotatable bonds is 2. The van der Waals surface area contributed by atoms with Crippen LogP contribution in [0, 0.1) is 27.7 Å². The molecule has 0 saturated carbocycles. The standard InChI is InChI=1S/C20H23N5O/c1-12-9-13(2)25(23-12)17-7-8-24(11-17)20(26)16-5-6-18-19(10-16)22-15(4)14(3)21-18/h5-6,9-10,17H,7-8,11H2,1-4H3/t17-/m0/s1. The fraction of sp³-hybridized carbons (Fsp3) is 0.400. The van der Waals surface area contributed by atoms with Crippen LogP contribution in [-0.2, 0) is 0 Å². The zero-order valence-corrected chi connectivity index (χ0v) is 15.7. The largest absolute Gasteiger partial charge is 0.336 e. The van der Waals surface area contributed by atoms with Gasteiger partial charge in [-0.05, 0) is 58.4 Å². The molecule has 1 aromatic carbocycles. The molecule has 1 fully saturated rings. The Balaban J connectivity index is 1.57. The Morgan fingerprint density at radius 3 is 2.46 bits per heavy atom. The van der Waals surface area contributed by atoms with Crippen LogP contribution in [0.1, 0.15) is 45.6 Å². The van der Waals surface area contributed by atoms with Gasteiger partial charge in [-0.15, -0.1) is 0 Å². The van der Waals surface area contributed by atoms with Gasteiger partial charge in [-0.1, -0.05) is 0 Å². The van der Waals surface area contributed by atoms with Crippen molar-refractivity contribution in [3.63, 3.8) is 0 Å². The van der Waals surface area contributed by atoms with Crippen LogP contribution in [0.5, 0.6) is 0 Å². The van der Waals surface area contributed by atoms with E-state index in [4.69, 9.17) is 0 Å². The van der Waals surface area contributed by atoms with Gasteiger partial charge < -0.3 is 4.90 Å². The van der Waals surface area contributed by atoms with Crippen LogP contribution >= 0.6 is 0 Å². The van der Waals surface area contributed by atoms with Crippen LogP contribution in [0.2, 0.25) is 0 Å². The Labute approximate surface area is 152 Å². The van der Waals surface area contributed by atoms with E-state index in [1.807, 2.05) is 43.9 Å². The Kier molecular flexibility index (Phi) is 3.98. The van der Waals surface area contributed by atoms with Crippen molar-refractivity contribution < 1.29 is 4.79 Å². The summed E-state index contributed by atoms with van der Waals surface area (Å²) in [5, 5.41) is 4.58. The molecule has 0 unspecified atom stereocenters. The van der Waals surface area contributed by atoms with Crippen molar-refractivity contribution in [2.24, 2.45) is 0 Å². The van der Waals surface area contributed by atoms with E-state index >= 15 is 0 Å². The Bertz CT molecular complexity index is 1010. The second-order valence-electron chi connectivity index (χ2n) is 7.16. The molecular weight excluding hydrogens is 326 g/mol. The van der Waals surface area contributed by atoms with E-state index in [1.54, 1.807) is 0 Å². The van der Waals surface area contributed by atoms with Crippen LogP contribution < -0.4 is 0 Å². The fourth-order valence-corrected chi connectivity index (χ4v) is 3.69. The van der Waals surface area contributed by atoms with Gasteiger partial charge in [0, 0.05) is 24.3 Å². The first-order valence-corrected chi connectivity index (χ1v) is 8.99. The molecule has 1 aliphatic heterocycles. The third-order valence-corrected chi connectivity index (χ3v) is 5.16. The predicted octanol–water partition coefficient (Wildman–Crippen LogP) is 3.15. The second kappa shape index (κ2) is 6.20. The first-order chi connectivity index (χ1) is 12.4. The van der Waals surface area contributed by atoms with Gasteiger partial charge in [-0.3, -0.25) is 9.48 Å². The minimum absolute atomic E-state index is 0.0518. The second-order valence-corrected chi connectivity index (χ2v) is 7.16. The van der Waals surface area contributed by atoms with Crippen molar-refractivity contribution >= 4 is 16.9 Å². The van der Waals surface area contributed by atoms with Crippen LogP contribution in [0.4, 0.5) is 0 Å². The highest BCUT2D eigenvalue weighted by Gasteiger charge is 2.29. The van der Waals surface area contributed by atoms with Crippen molar-refractivity contribution in [3.8, 4) is 0 Å². The molecule has 1 aliphatic rings. The molecule has 4 rings (SSSR count). The van der Waals surface area contributed by atoms with E-state index in [9.17, 15) is 4.79 Å². The molecule has 1 saturated heterocycles. The molecule has 3 heterocycles. The lowest BCUT2D eigenvalue weighted by Gasteiger charge is -2.17. The molecule has 6 nitrogen and oxygen atoms in total. The maximum Gasteiger partial charge on any atom is 0.254 e. The van der Waals surface area contributed by atoms with E-state index in [-0.39, 0.29) is 11.9 Å². The van der Waals surface area contributed by atoms with Gasteiger partial charge in [0.25, 0.3) is 5.91 Å². The number of hydrogen-bond acceptors (Lipinski definition) is 4. The van der Waals surface area contributed by atoms with Crippen molar-refractivity contribution in [1.82, 2.24) is 24.6 Å². The summed E-state index contributed by atoms with van der Waals surface area (Å²) in [6.07, 6.45) is 0.930. The fourth-order valence-electron chi connectivity index (χ4n) is 3.69. The monoisotopic (exact) mass is 349 g/mol. The van der Waals surface area contributed by atoms with Gasteiger partial charge in [-0.25, -0.2) is 9.97 Å². The van der Waals surface area contributed by atoms with Gasteiger partial charge in [0.15, 0.2) is 0 Å². The molecule has 2 aromatic heterocycles. The number of hydrogen-bond donors (Lipinski definition) is 0. The molecule has 0 bridgehead atoms. The average molecular weight is 349 g/mol. The number of carbonyl (C=O) groups excluding carboxylic acids is 1. The number of likely N-dealkylation sites (tertiary alicyclic amines) is 1. The molecule has 0 radical (unpaired) electrons. The maximum atomic E-state index is 13.0. The Morgan fingerprint density at radius 2 is 1.77 bits per heavy atom. The van der Waals surface area contributed by atoms with Crippen molar-refractivity contribution in [1.29, 1.82) is 0 Å². The number of nitrogens with zero attached hydrogens (tertiary/aromatic N) is 5. The van der Waals surface area contributed by atoms with Gasteiger partial charge >= 0.3 is 0 Å². The number of aromatic nitrogens is 4. The first-order valence-electron chi connectivity index (χ1n) is 8.99. The molecule has 0 aliphatic carbocycles. The van der Waals surface area contributed by atoms with Gasteiger partial charge in [0.2, 0.25) is 0 Å². The molecule has 0 spiro atoms. The summed E-state index contributed by atoms with van der Waals surface area (Å²) in [7, 11) is 0. The van der Waals surface area contributed by atoms with Crippen molar-refractivity contribution in [2.45, 2.75) is 40.2 Å². The molecule has 134 valence electrons. The Morgan fingerprint density at radius 1 is 1.04 bits per heavy atom. The van der Waals surface area contributed by atoms with E-state index in [0.717, 1.165) is 46.8 Å². The number of carbonyl (C=O) groups is 1. The molecule has 26 heavy (non-hydrogen) atoms.